The molecule has 1 amide bonds. The minimum Gasteiger partial charge on any atom is -0.492 e. The number of carbonyl (C=O) groups excluding carboxylic acids is 1. The number of carbonyl (C=O) groups is 2. The predicted molar refractivity (Wildman–Crippen MR) is 109 cm³/mol. The molecule has 1 aromatic carbocycles. The number of thioether (sulfide) groups is 1. The van der Waals surface area contributed by atoms with E-state index in [1.54, 1.807) is 0 Å². The average molecular weight is 485 g/mol. The molecular formula is C19H18F3N5O5S. The van der Waals surface area contributed by atoms with Crippen LogP contribution in [0.1, 0.15) is 33.5 Å². The maximum Gasteiger partial charge on any atom is 0.408 e. The standard InChI is InChI=1S/C19H18F3N5O5S/c20-19(21,22)7-27-16(24-8-25-27)17-26(6-11(28)15(23)29)14-10-2-1-9(18(30)31)5-12(10)32-4-3-13(14)33-17/h1-2,5,8,11,17,28H,3-4,6-7H2,(H2,23,29)(H,30,31)/t11-,17?/m0/s1. The first kappa shape index (κ1) is 22.9. The number of aliphatic hydroxyl groups is 1. The highest BCUT2D eigenvalue weighted by molar-refractivity contribution is 8.03. The Bertz CT molecular complexity index is 1140. The maximum absolute atomic E-state index is 13.1. The van der Waals surface area contributed by atoms with Gasteiger partial charge < -0.3 is 25.6 Å². The Balaban J connectivity index is 1.79. The third kappa shape index (κ3) is 4.61. The monoisotopic (exact) mass is 485 g/mol. The molecule has 0 bridgehead atoms. The topological polar surface area (TPSA) is 144 Å². The summed E-state index contributed by atoms with van der Waals surface area (Å²) in [6.07, 6.45) is -4.79. The predicted octanol–water partition coefficient (Wildman–Crippen LogP) is 1.58. The number of amides is 1. The van der Waals surface area contributed by atoms with E-state index in [4.69, 9.17) is 10.5 Å². The number of ether oxygens (including phenoxy) is 1. The van der Waals surface area contributed by atoms with Gasteiger partial charge in [-0.15, -0.1) is 0 Å². The van der Waals surface area contributed by atoms with E-state index in [1.807, 2.05) is 0 Å². The molecule has 0 saturated carbocycles. The Kier molecular flexibility index (Phi) is 5.97. The molecule has 1 unspecified atom stereocenters. The maximum atomic E-state index is 13.1. The zero-order chi connectivity index (χ0) is 23.9. The first-order valence-corrected chi connectivity index (χ1v) is 10.5. The van der Waals surface area contributed by atoms with E-state index < -0.39 is 36.1 Å². The number of β-amino-alcohol motifs (C(OH)–C–C–N with tert-alkyl or cyclic N) is 1. The molecule has 0 radical (unpaired) electrons. The van der Waals surface area contributed by atoms with Gasteiger partial charge in [0.15, 0.2) is 5.82 Å². The van der Waals surface area contributed by atoms with Crippen LogP contribution in [-0.4, -0.2) is 67.2 Å². The molecule has 2 aromatic rings. The fourth-order valence-electron chi connectivity index (χ4n) is 3.65. The highest BCUT2D eigenvalue weighted by Crippen LogP contribution is 2.54. The van der Waals surface area contributed by atoms with Crippen LogP contribution in [0.2, 0.25) is 0 Å². The molecule has 4 N–H and O–H groups in total. The van der Waals surface area contributed by atoms with Crippen LogP contribution < -0.4 is 10.5 Å². The van der Waals surface area contributed by atoms with Crippen LogP contribution in [0.5, 0.6) is 5.75 Å². The molecule has 14 heteroatoms. The van der Waals surface area contributed by atoms with Gasteiger partial charge >= 0.3 is 12.1 Å². The number of nitrogens with two attached hydrogens (primary N) is 1. The van der Waals surface area contributed by atoms with Crippen LogP contribution in [-0.2, 0) is 11.3 Å². The third-order valence-electron chi connectivity index (χ3n) is 5.05. The molecule has 0 fully saturated rings. The van der Waals surface area contributed by atoms with E-state index in [0.29, 0.717) is 17.7 Å². The Labute approximate surface area is 188 Å². The number of primary amides is 1. The van der Waals surface area contributed by atoms with E-state index in [0.717, 1.165) is 15.9 Å². The molecule has 2 aliphatic rings. The number of halogens is 3. The summed E-state index contributed by atoms with van der Waals surface area (Å²) < 4.78 is 45.6. The summed E-state index contributed by atoms with van der Waals surface area (Å²) in [5.41, 5.74) is 6.19. The van der Waals surface area contributed by atoms with Crippen molar-refractivity contribution in [1.82, 2.24) is 19.7 Å². The number of carboxylic acid groups (broad SMARTS) is 1. The normalized spacial score (nSPS) is 18.9. The minimum absolute atomic E-state index is 0.00589. The molecule has 2 atom stereocenters. The number of nitrogens with zero attached hydrogens (tertiary/aromatic N) is 4. The molecule has 0 spiro atoms. The Morgan fingerprint density at radius 1 is 1.36 bits per heavy atom. The van der Waals surface area contributed by atoms with Gasteiger partial charge in [0, 0.05) is 16.9 Å². The summed E-state index contributed by atoms with van der Waals surface area (Å²) in [7, 11) is 0. The minimum atomic E-state index is -4.54. The molecule has 3 heterocycles. The SMILES string of the molecule is NC(=O)[C@@H](O)CN1C2=C(CCOc3cc(C(=O)O)ccc32)SC1c1ncnn1CC(F)(F)F. The fourth-order valence-corrected chi connectivity index (χ4v) is 5.07. The molecule has 2 aliphatic heterocycles. The fraction of sp³-hybridized carbons (Fsp3) is 0.368. The summed E-state index contributed by atoms with van der Waals surface area (Å²) in [6.45, 7) is -1.50. The molecule has 176 valence electrons. The van der Waals surface area contributed by atoms with Crippen molar-refractivity contribution in [2.24, 2.45) is 5.73 Å². The van der Waals surface area contributed by atoms with E-state index in [9.17, 15) is 33.0 Å². The second-order valence-corrected chi connectivity index (χ2v) is 8.49. The number of benzene rings is 1. The largest absolute Gasteiger partial charge is 0.492 e. The first-order valence-electron chi connectivity index (χ1n) is 9.64. The molecule has 0 aliphatic carbocycles. The highest BCUT2D eigenvalue weighted by atomic mass is 32.2. The van der Waals surface area contributed by atoms with E-state index in [2.05, 4.69) is 10.1 Å². The van der Waals surface area contributed by atoms with Gasteiger partial charge in [0.25, 0.3) is 0 Å². The van der Waals surface area contributed by atoms with Gasteiger partial charge in [-0.2, -0.15) is 18.3 Å². The number of rotatable bonds is 6. The Hall–Kier alpha value is -3.26. The van der Waals surface area contributed by atoms with Crippen LogP contribution in [0.3, 0.4) is 0 Å². The van der Waals surface area contributed by atoms with Crippen molar-refractivity contribution in [2.75, 3.05) is 13.2 Å². The van der Waals surface area contributed by atoms with Crippen LogP contribution in [0.25, 0.3) is 5.70 Å². The van der Waals surface area contributed by atoms with Gasteiger partial charge in [-0.1, -0.05) is 11.8 Å². The number of hydrogen-bond donors (Lipinski definition) is 3. The zero-order valence-corrected chi connectivity index (χ0v) is 17.6. The number of aliphatic hydroxyl groups excluding tert-OH is 1. The van der Waals surface area contributed by atoms with Crippen LogP contribution in [0, 0.1) is 0 Å². The molecular weight excluding hydrogens is 467 g/mol. The number of aromatic carboxylic acids is 1. The third-order valence-corrected chi connectivity index (χ3v) is 6.42. The highest BCUT2D eigenvalue weighted by Gasteiger charge is 2.41. The van der Waals surface area contributed by atoms with Crippen molar-refractivity contribution in [2.45, 2.75) is 30.6 Å². The zero-order valence-electron chi connectivity index (χ0n) is 16.8. The van der Waals surface area contributed by atoms with E-state index in [-0.39, 0.29) is 30.3 Å². The second-order valence-electron chi connectivity index (χ2n) is 7.32. The lowest BCUT2D eigenvalue weighted by atomic mass is 10.1. The summed E-state index contributed by atoms with van der Waals surface area (Å²) >= 11 is 1.20. The number of carboxylic acids is 1. The average Bonchev–Trinajstić information content (AvgIpc) is 3.25. The number of aromatic nitrogens is 3. The van der Waals surface area contributed by atoms with Gasteiger partial charge in [0.2, 0.25) is 5.91 Å². The van der Waals surface area contributed by atoms with Crippen LogP contribution in [0.15, 0.2) is 29.4 Å². The second kappa shape index (κ2) is 8.59. The lowest BCUT2D eigenvalue weighted by Crippen LogP contribution is -2.40. The van der Waals surface area contributed by atoms with Crippen molar-refractivity contribution in [3.8, 4) is 5.75 Å². The quantitative estimate of drug-likeness (QED) is 0.556. The lowest BCUT2D eigenvalue weighted by molar-refractivity contribution is -0.143. The molecule has 1 aromatic heterocycles. The Morgan fingerprint density at radius 2 is 2.12 bits per heavy atom. The van der Waals surface area contributed by atoms with Gasteiger partial charge in [-0.25, -0.2) is 14.5 Å². The molecule has 10 nitrogen and oxygen atoms in total. The molecule has 0 saturated heterocycles. The first-order chi connectivity index (χ1) is 15.5. The van der Waals surface area contributed by atoms with Crippen LogP contribution in [0.4, 0.5) is 13.2 Å². The summed E-state index contributed by atoms with van der Waals surface area (Å²) in [5, 5.41) is 22.3. The van der Waals surface area contributed by atoms with Gasteiger partial charge in [-0.05, 0) is 18.2 Å². The van der Waals surface area contributed by atoms with Crippen molar-refractivity contribution >= 4 is 29.3 Å². The van der Waals surface area contributed by atoms with Gasteiger partial charge in [0.05, 0.1) is 24.4 Å². The summed E-state index contributed by atoms with van der Waals surface area (Å²) in [4.78, 5) is 29.2. The number of hydrogen-bond acceptors (Lipinski definition) is 8. The van der Waals surface area contributed by atoms with Crippen molar-refractivity contribution in [1.29, 1.82) is 0 Å². The van der Waals surface area contributed by atoms with E-state index >= 15 is 0 Å². The van der Waals surface area contributed by atoms with E-state index in [1.165, 1.54) is 34.9 Å². The smallest absolute Gasteiger partial charge is 0.408 e. The van der Waals surface area contributed by atoms with Gasteiger partial charge in [0.1, 0.15) is 30.1 Å². The van der Waals surface area contributed by atoms with Crippen molar-refractivity contribution < 1.29 is 37.7 Å². The van der Waals surface area contributed by atoms with Crippen LogP contribution >= 0.6 is 11.8 Å². The number of alkyl halides is 3. The Morgan fingerprint density at radius 3 is 2.79 bits per heavy atom. The van der Waals surface area contributed by atoms with Gasteiger partial charge in [-0.3, -0.25) is 4.79 Å². The lowest BCUT2D eigenvalue weighted by Gasteiger charge is -2.30. The number of fused-ring (bicyclic) bond motifs is 2. The summed E-state index contributed by atoms with van der Waals surface area (Å²) in [5.74, 6) is -1.92. The summed E-state index contributed by atoms with van der Waals surface area (Å²) in [6, 6.07) is 4.24. The molecule has 4 rings (SSSR count). The molecule has 33 heavy (non-hydrogen) atoms. The van der Waals surface area contributed by atoms with Crippen molar-refractivity contribution in [3.05, 3.63) is 46.4 Å². The van der Waals surface area contributed by atoms with Crippen molar-refractivity contribution in [3.63, 3.8) is 0 Å².